The SMILES string of the molecule is CCC(C)(C)c1ccc(OCCCC(=O)Oc2ccc(C(=O)Nc3ccc(C)cc3)cc2)cc1. The van der Waals surface area contributed by atoms with Crippen molar-refractivity contribution in [1.82, 2.24) is 0 Å². The fraction of sp³-hybridized carbons (Fsp3) is 0.310. The Bertz CT molecular complexity index is 1080. The molecule has 178 valence electrons. The summed E-state index contributed by atoms with van der Waals surface area (Å²) in [6, 6.07) is 22.2. The average molecular weight is 460 g/mol. The Kier molecular flexibility index (Phi) is 8.47. The highest BCUT2D eigenvalue weighted by atomic mass is 16.5. The van der Waals surface area contributed by atoms with E-state index in [4.69, 9.17) is 9.47 Å². The van der Waals surface area contributed by atoms with Gasteiger partial charge in [0.15, 0.2) is 0 Å². The molecule has 3 aromatic carbocycles. The van der Waals surface area contributed by atoms with Crippen LogP contribution in [-0.2, 0) is 10.2 Å². The zero-order valence-electron chi connectivity index (χ0n) is 20.4. The minimum atomic E-state index is -0.333. The molecule has 0 atom stereocenters. The topological polar surface area (TPSA) is 64.6 Å². The number of esters is 1. The number of benzene rings is 3. The summed E-state index contributed by atoms with van der Waals surface area (Å²) in [5.41, 5.74) is 3.77. The lowest BCUT2D eigenvalue weighted by Crippen LogP contribution is -2.15. The van der Waals surface area contributed by atoms with Crippen molar-refractivity contribution in [2.45, 2.75) is 52.4 Å². The summed E-state index contributed by atoms with van der Waals surface area (Å²) in [6.45, 7) is 9.06. The van der Waals surface area contributed by atoms with E-state index in [0.717, 1.165) is 23.4 Å². The van der Waals surface area contributed by atoms with Crippen LogP contribution >= 0.6 is 0 Å². The highest BCUT2D eigenvalue weighted by molar-refractivity contribution is 6.04. The number of carbonyl (C=O) groups is 2. The Morgan fingerprint density at radius 2 is 1.47 bits per heavy atom. The maximum absolute atomic E-state index is 12.4. The molecule has 0 fully saturated rings. The lowest BCUT2D eigenvalue weighted by Gasteiger charge is -2.23. The molecule has 0 aromatic heterocycles. The number of nitrogens with one attached hydrogen (secondary N) is 1. The molecule has 0 aliphatic heterocycles. The Morgan fingerprint density at radius 1 is 0.853 bits per heavy atom. The third-order valence-corrected chi connectivity index (χ3v) is 5.97. The molecule has 0 radical (unpaired) electrons. The summed E-state index contributed by atoms with van der Waals surface area (Å²) in [6.07, 6.45) is 1.87. The fourth-order valence-corrected chi connectivity index (χ4v) is 3.31. The summed E-state index contributed by atoms with van der Waals surface area (Å²) < 4.78 is 11.1. The number of hydrogen-bond acceptors (Lipinski definition) is 4. The Morgan fingerprint density at radius 3 is 2.09 bits per heavy atom. The maximum atomic E-state index is 12.4. The van der Waals surface area contributed by atoms with E-state index in [1.165, 1.54) is 5.56 Å². The van der Waals surface area contributed by atoms with Gasteiger partial charge in [-0.3, -0.25) is 9.59 Å². The molecule has 1 amide bonds. The van der Waals surface area contributed by atoms with Crippen molar-refractivity contribution >= 4 is 17.6 Å². The number of carbonyl (C=O) groups excluding carboxylic acids is 2. The standard InChI is InChI=1S/C29H33NO4/c1-5-29(3,4)23-12-18-25(19-13-23)33-20-6-7-27(31)34-26-16-10-22(11-17-26)28(32)30-24-14-8-21(2)9-15-24/h8-19H,5-7,20H2,1-4H3,(H,30,32). The van der Waals surface area contributed by atoms with E-state index in [-0.39, 0.29) is 23.7 Å². The molecule has 5 nitrogen and oxygen atoms in total. The van der Waals surface area contributed by atoms with Gasteiger partial charge in [0.25, 0.3) is 5.91 Å². The van der Waals surface area contributed by atoms with Crippen LogP contribution in [0.2, 0.25) is 0 Å². The normalized spacial score (nSPS) is 11.1. The Balaban J connectivity index is 1.40. The Labute approximate surface area is 202 Å². The van der Waals surface area contributed by atoms with E-state index in [9.17, 15) is 9.59 Å². The molecule has 0 heterocycles. The molecule has 3 aromatic rings. The predicted octanol–water partition coefficient (Wildman–Crippen LogP) is 6.70. The monoisotopic (exact) mass is 459 g/mol. The van der Waals surface area contributed by atoms with E-state index >= 15 is 0 Å². The van der Waals surface area contributed by atoms with Gasteiger partial charge in [-0.05, 0) is 79.3 Å². The number of rotatable bonds is 10. The first-order chi connectivity index (χ1) is 16.3. The molecule has 0 saturated carbocycles. The quantitative estimate of drug-likeness (QED) is 0.208. The smallest absolute Gasteiger partial charge is 0.311 e. The number of anilines is 1. The lowest BCUT2D eigenvalue weighted by atomic mass is 9.82. The third-order valence-electron chi connectivity index (χ3n) is 5.97. The minimum Gasteiger partial charge on any atom is -0.494 e. The number of hydrogen-bond donors (Lipinski definition) is 1. The second-order valence-corrected chi connectivity index (χ2v) is 9.03. The van der Waals surface area contributed by atoms with Crippen LogP contribution in [0.4, 0.5) is 5.69 Å². The van der Waals surface area contributed by atoms with Gasteiger partial charge in [-0.1, -0.05) is 50.6 Å². The summed E-state index contributed by atoms with van der Waals surface area (Å²) in [7, 11) is 0. The van der Waals surface area contributed by atoms with Crippen LogP contribution in [0, 0.1) is 6.92 Å². The molecule has 0 bridgehead atoms. The van der Waals surface area contributed by atoms with Crippen molar-refractivity contribution in [2.75, 3.05) is 11.9 Å². The molecule has 3 rings (SSSR count). The van der Waals surface area contributed by atoms with E-state index in [0.29, 0.717) is 24.3 Å². The summed E-state index contributed by atoms with van der Waals surface area (Å²) in [4.78, 5) is 24.5. The van der Waals surface area contributed by atoms with Crippen LogP contribution in [0.5, 0.6) is 11.5 Å². The Hall–Kier alpha value is -3.60. The molecule has 1 N–H and O–H groups in total. The van der Waals surface area contributed by atoms with Gasteiger partial charge >= 0.3 is 5.97 Å². The van der Waals surface area contributed by atoms with Gasteiger partial charge < -0.3 is 14.8 Å². The van der Waals surface area contributed by atoms with Gasteiger partial charge in [0.05, 0.1) is 6.61 Å². The highest BCUT2D eigenvalue weighted by Crippen LogP contribution is 2.28. The van der Waals surface area contributed by atoms with E-state index < -0.39 is 0 Å². The summed E-state index contributed by atoms with van der Waals surface area (Å²) >= 11 is 0. The van der Waals surface area contributed by atoms with Gasteiger partial charge in [-0.15, -0.1) is 0 Å². The molecular weight excluding hydrogens is 426 g/mol. The minimum absolute atomic E-state index is 0.144. The summed E-state index contributed by atoms with van der Waals surface area (Å²) in [5, 5.41) is 2.85. The first kappa shape index (κ1) is 25.0. The molecule has 5 heteroatoms. The molecule has 0 aliphatic rings. The lowest BCUT2D eigenvalue weighted by molar-refractivity contribution is -0.134. The largest absolute Gasteiger partial charge is 0.494 e. The maximum Gasteiger partial charge on any atom is 0.311 e. The van der Waals surface area contributed by atoms with Crippen LogP contribution in [0.15, 0.2) is 72.8 Å². The second-order valence-electron chi connectivity index (χ2n) is 9.03. The highest BCUT2D eigenvalue weighted by Gasteiger charge is 2.17. The summed E-state index contributed by atoms with van der Waals surface area (Å²) in [5.74, 6) is 0.654. The van der Waals surface area contributed by atoms with Crippen molar-refractivity contribution in [3.63, 3.8) is 0 Å². The molecule has 0 spiro atoms. The van der Waals surface area contributed by atoms with Gasteiger partial charge in [0.1, 0.15) is 11.5 Å². The zero-order chi connectivity index (χ0) is 24.6. The number of ether oxygens (including phenoxy) is 2. The van der Waals surface area contributed by atoms with Gasteiger partial charge in [0.2, 0.25) is 0 Å². The molecular formula is C29H33NO4. The van der Waals surface area contributed by atoms with E-state index in [2.05, 4.69) is 38.2 Å². The predicted molar refractivity (Wildman–Crippen MR) is 136 cm³/mol. The van der Waals surface area contributed by atoms with Gasteiger partial charge in [-0.25, -0.2) is 0 Å². The van der Waals surface area contributed by atoms with Crippen molar-refractivity contribution in [3.8, 4) is 11.5 Å². The molecule has 0 aliphatic carbocycles. The number of amides is 1. The first-order valence-corrected chi connectivity index (χ1v) is 11.7. The second kappa shape index (κ2) is 11.5. The number of aryl methyl sites for hydroxylation is 1. The van der Waals surface area contributed by atoms with Crippen LogP contribution in [0.3, 0.4) is 0 Å². The third kappa shape index (κ3) is 7.20. The van der Waals surface area contributed by atoms with Gasteiger partial charge in [0, 0.05) is 17.7 Å². The van der Waals surface area contributed by atoms with Crippen molar-refractivity contribution in [2.24, 2.45) is 0 Å². The molecule has 0 unspecified atom stereocenters. The van der Waals surface area contributed by atoms with Crippen LogP contribution < -0.4 is 14.8 Å². The molecule has 0 saturated heterocycles. The van der Waals surface area contributed by atoms with Crippen LogP contribution in [0.25, 0.3) is 0 Å². The van der Waals surface area contributed by atoms with Crippen LogP contribution in [-0.4, -0.2) is 18.5 Å². The first-order valence-electron chi connectivity index (χ1n) is 11.7. The van der Waals surface area contributed by atoms with Crippen molar-refractivity contribution in [1.29, 1.82) is 0 Å². The van der Waals surface area contributed by atoms with Crippen LogP contribution in [0.1, 0.15) is 61.5 Å². The van der Waals surface area contributed by atoms with E-state index in [1.54, 1.807) is 24.3 Å². The zero-order valence-corrected chi connectivity index (χ0v) is 20.4. The molecule has 34 heavy (non-hydrogen) atoms. The van der Waals surface area contributed by atoms with E-state index in [1.807, 2.05) is 43.3 Å². The average Bonchev–Trinajstić information content (AvgIpc) is 2.84. The van der Waals surface area contributed by atoms with Crippen molar-refractivity contribution in [3.05, 3.63) is 89.5 Å². The fourth-order valence-electron chi connectivity index (χ4n) is 3.31. The van der Waals surface area contributed by atoms with Gasteiger partial charge in [-0.2, -0.15) is 0 Å². The van der Waals surface area contributed by atoms with Crippen molar-refractivity contribution < 1.29 is 19.1 Å².